The Morgan fingerprint density at radius 1 is 0.506 bits per heavy atom. The Hall–Kier alpha value is -9.07. The van der Waals surface area contributed by atoms with Crippen molar-refractivity contribution in [1.82, 2.24) is 96.9 Å². The van der Waals surface area contributed by atoms with Crippen molar-refractivity contribution in [2.75, 3.05) is 41.3 Å². The van der Waals surface area contributed by atoms with Crippen molar-refractivity contribution in [3.8, 4) is 79.1 Å². The first-order valence-corrected chi connectivity index (χ1v) is 29.3. The Labute approximate surface area is 492 Å². The number of aromatic amines is 2. The number of piperidine rings is 1. The van der Waals surface area contributed by atoms with Gasteiger partial charge in [-0.15, -0.1) is 30.6 Å². The first-order valence-electron chi connectivity index (χ1n) is 29.3. The van der Waals surface area contributed by atoms with Crippen LogP contribution in [0.4, 0.5) is 17.7 Å². The second-order valence-electron chi connectivity index (χ2n) is 24.0. The summed E-state index contributed by atoms with van der Waals surface area (Å²) in [5.41, 5.74) is 7.18. The zero-order chi connectivity index (χ0) is 58.5. The van der Waals surface area contributed by atoms with Crippen LogP contribution in [0, 0.1) is 0 Å². The van der Waals surface area contributed by atoms with E-state index in [-0.39, 0.29) is 34.4 Å². The van der Waals surface area contributed by atoms with Gasteiger partial charge in [-0.05, 0) is 127 Å². The highest BCUT2D eigenvalue weighted by Gasteiger charge is 2.38. The van der Waals surface area contributed by atoms with E-state index in [0.29, 0.717) is 81.5 Å². The first kappa shape index (κ1) is 56.4. The third-order valence-electron chi connectivity index (χ3n) is 16.4. The molecule has 5 aliphatic rings. The Kier molecular flexibility index (Phi) is 16.4. The van der Waals surface area contributed by atoms with Gasteiger partial charge in [0.1, 0.15) is 28.6 Å². The highest BCUT2D eigenvalue weighted by molar-refractivity contribution is 5.75. The lowest BCUT2D eigenvalue weighted by molar-refractivity contribution is 0.170. The number of hydrogen-bond acceptors (Lipinski definition) is 22. The maximum absolute atomic E-state index is 10.4. The molecular formula is C60H72N22O3. The minimum absolute atomic E-state index is 0.0389. The van der Waals surface area contributed by atoms with Gasteiger partial charge in [-0.25, -0.2) is 15.0 Å². The van der Waals surface area contributed by atoms with E-state index in [0.717, 1.165) is 74.1 Å². The number of phenols is 3. The summed E-state index contributed by atoms with van der Waals surface area (Å²) in [6, 6.07) is 18.7. The van der Waals surface area contributed by atoms with Crippen LogP contribution in [0.25, 0.3) is 61.8 Å². The molecular weight excluding hydrogens is 1080 g/mol. The van der Waals surface area contributed by atoms with Gasteiger partial charge in [-0.3, -0.25) is 10.2 Å². The molecule has 2 saturated carbocycles. The van der Waals surface area contributed by atoms with E-state index < -0.39 is 0 Å². The third-order valence-corrected chi connectivity index (χ3v) is 16.4. The van der Waals surface area contributed by atoms with Gasteiger partial charge in [-0.1, -0.05) is 25.0 Å². The largest absolute Gasteiger partial charge is 0.507 e. The normalized spacial score (nSPS) is 19.3. The monoisotopic (exact) mass is 1150 g/mol. The summed E-state index contributed by atoms with van der Waals surface area (Å²) >= 11 is 0. The number of nitrogens with zero attached hydrogens (tertiary/aromatic N) is 16. The fourth-order valence-electron chi connectivity index (χ4n) is 12.0. The number of aromatic hydroxyl groups is 3. The summed E-state index contributed by atoms with van der Waals surface area (Å²) < 4.78 is 0. The van der Waals surface area contributed by atoms with Crippen LogP contribution in [-0.2, 0) is 0 Å². The first-order chi connectivity index (χ1) is 41.2. The number of nitrogens with one attached hydrogen (secondary N) is 6. The van der Waals surface area contributed by atoms with E-state index >= 15 is 0 Å². The van der Waals surface area contributed by atoms with E-state index in [4.69, 9.17) is 0 Å². The molecule has 0 bridgehead atoms. The van der Waals surface area contributed by atoms with Crippen molar-refractivity contribution in [1.29, 1.82) is 0 Å². The summed E-state index contributed by atoms with van der Waals surface area (Å²) in [6.07, 6.45) is 27.2. The third kappa shape index (κ3) is 13.6. The minimum Gasteiger partial charge on any atom is -0.507 e. The lowest BCUT2D eigenvalue weighted by Gasteiger charge is -2.46. The number of H-pyrrole nitrogens is 2. The van der Waals surface area contributed by atoms with E-state index in [9.17, 15) is 15.3 Å². The van der Waals surface area contributed by atoms with Gasteiger partial charge >= 0.3 is 0 Å². The van der Waals surface area contributed by atoms with Crippen molar-refractivity contribution in [2.45, 2.75) is 133 Å². The molecule has 3 aromatic carbocycles. The van der Waals surface area contributed by atoms with Crippen molar-refractivity contribution in [3.63, 3.8) is 0 Å². The van der Waals surface area contributed by atoms with Crippen LogP contribution in [0.5, 0.6) is 17.2 Å². The van der Waals surface area contributed by atoms with Crippen LogP contribution in [0.15, 0.2) is 110 Å². The average molecular weight is 1150 g/mol. The predicted molar refractivity (Wildman–Crippen MR) is 322 cm³/mol. The molecule has 0 spiro atoms. The number of phenolic OH excluding ortho intramolecular Hbond substituents is 3. The van der Waals surface area contributed by atoms with Gasteiger partial charge in [0, 0.05) is 108 Å². The second kappa shape index (κ2) is 24.6. The highest BCUT2D eigenvalue weighted by Crippen LogP contribution is 2.36. The zero-order valence-electron chi connectivity index (χ0n) is 48.2. The number of aromatic nitrogens is 16. The van der Waals surface area contributed by atoms with Crippen molar-refractivity contribution in [3.05, 3.63) is 110 Å². The van der Waals surface area contributed by atoms with Crippen LogP contribution < -0.4 is 31.1 Å². The molecule has 440 valence electrons. The molecule has 2 atom stereocenters. The van der Waals surface area contributed by atoms with Crippen molar-refractivity contribution < 1.29 is 15.3 Å². The summed E-state index contributed by atoms with van der Waals surface area (Å²) in [5.74, 6) is 2.63. The summed E-state index contributed by atoms with van der Waals surface area (Å²) in [4.78, 5) is 19.2. The lowest BCUT2D eigenvalue weighted by atomic mass is 9.79. The minimum atomic E-state index is 0.0389. The Balaban J connectivity index is 0.000000125. The Bertz CT molecular complexity index is 3440. The molecule has 14 rings (SSSR count). The molecule has 9 N–H and O–H groups in total. The van der Waals surface area contributed by atoms with Gasteiger partial charge in [0.25, 0.3) is 0 Å². The molecule has 9 aromatic rings. The van der Waals surface area contributed by atoms with Crippen LogP contribution >= 0.6 is 0 Å². The number of benzene rings is 3. The molecule has 0 amide bonds. The molecule has 3 aliphatic heterocycles. The van der Waals surface area contributed by atoms with Gasteiger partial charge in [0.2, 0.25) is 11.9 Å². The molecule has 6 aromatic heterocycles. The van der Waals surface area contributed by atoms with Gasteiger partial charge < -0.3 is 46.4 Å². The molecule has 25 heteroatoms. The van der Waals surface area contributed by atoms with Crippen LogP contribution in [0.3, 0.4) is 0 Å². The molecule has 0 radical (unpaired) electrons. The number of anilines is 3. The predicted octanol–water partition coefficient (Wildman–Crippen LogP) is 7.26. The van der Waals surface area contributed by atoms with Crippen molar-refractivity contribution >= 4 is 17.7 Å². The van der Waals surface area contributed by atoms with Gasteiger partial charge in [0.05, 0.1) is 54.6 Å². The van der Waals surface area contributed by atoms with Crippen LogP contribution in [0.2, 0.25) is 0 Å². The van der Waals surface area contributed by atoms with E-state index in [1.54, 1.807) is 86.1 Å². The molecule has 5 fully saturated rings. The Morgan fingerprint density at radius 2 is 1.02 bits per heavy atom. The Morgan fingerprint density at radius 3 is 1.45 bits per heavy atom. The number of rotatable bonds is 14. The topological polar surface area (TPSA) is 319 Å². The van der Waals surface area contributed by atoms with Crippen LogP contribution in [0.1, 0.15) is 91.9 Å². The van der Waals surface area contributed by atoms with Gasteiger partial charge in [0.15, 0.2) is 11.6 Å². The summed E-state index contributed by atoms with van der Waals surface area (Å²) in [5, 5.41) is 93.0. The average Bonchev–Trinajstić information content (AvgIpc) is 4.43. The summed E-state index contributed by atoms with van der Waals surface area (Å²) in [7, 11) is 0. The fourth-order valence-corrected chi connectivity index (χ4v) is 12.0. The number of hydrogen-bond donors (Lipinski definition) is 9. The molecule has 25 nitrogen and oxygen atoms in total. The summed E-state index contributed by atoms with van der Waals surface area (Å²) in [6.45, 7) is 12.6. The SMILES string of the molecule is CC1(C)CC(Nc2cnc(-c3ccc(-n4nccn4)cc3O)nn2)CC(C)(C)N1.Oc1cc(-c2cn[nH]c2)ccc1-c1cnc(N2CC[C@@H](NC3CCC3)C2)nn1.Oc1cc(-c2cn[nH]c2)ccc1-c1cnc(N2CC[C@H](NC3CCC3)C2)nn1. The maximum atomic E-state index is 10.4. The molecule has 2 aliphatic carbocycles. The van der Waals surface area contributed by atoms with Crippen molar-refractivity contribution in [2.24, 2.45) is 0 Å². The molecule has 3 saturated heterocycles. The highest BCUT2D eigenvalue weighted by atomic mass is 16.3. The van der Waals surface area contributed by atoms with E-state index in [1.165, 1.54) is 43.3 Å². The molecule has 0 unspecified atom stereocenters. The van der Waals surface area contributed by atoms with E-state index in [2.05, 4.69) is 135 Å². The standard InChI is InChI=1S/C20H26N8O.2C20H23N7O/c1-19(2)10-13(11-20(3,4)27-19)24-17-12-21-18(26-25-17)15-6-5-14(9-16(15)29)28-22-7-8-23-28;2*28-19-8-13(14-9-22-23-10-14)4-5-17(19)18-11-21-20(26-25-18)27-7-6-16(12-27)24-15-2-1-3-15/h5-9,12-13,27,29H,10-11H2,1-4H3,(H,24,25);2*4-5,8-11,15-16,24,28H,1-3,6-7,12H2,(H,22,23)/t;2*16-/m.10/s1. The van der Waals surface area contributed by atoms with Crippen LogP contribution in [-0.4, -0.2) is 164 Å². The second-order valence-corrected chi connectivity index (χ2v) is 24.0. The quantitative estimate of drug-likeness (QED) is 0.0517. The smallest absolute Gasteiger partial charge is 0.245 e. The van der Waals surface area contributed by atoms with E-state index in [1.807, 2.05) is 24.3 Å². The molecule has 9 heterocycles. The molecule has 85 heavy (non-hydrogen) atoms. The fraction of sp³-hybridized carbons (Fsp3) is 0.417. The maximum Gasteiger partial charge on any atom is 0.245 e. The van der Waals surface area contributed by atoms with Gasteiger partial charge in [-0.2, -0.15) is 25.2 Å². The zero-order valence-corrected chi connectivity index (χ0v) is 48.2. The lowest BCUT2D eigenvalue weighted by Crippen LogP contribution is -2.60.